The largest absolute Gasteiger partial charge is 0.372 e. The molecular weight excluding hydrogens is 441 g/mol. The summed E-state index contributed by atoms with van der Waals surface area (Å²) in [7, 11) is 1.89. The molecule has 0 fully saturated rings. The third-order valence-corrected chi connectivity index (χ3v) is 4.84. The normalized spacial score (nSPS) is 11.6. The Morgan fingerprint density at radius 3 is 2.38 bits per heavy atom. The molecule has 0 radical (unpaired) electrons. The van der Waals surface area contributed by atoms with Crippen LogP contribution in [0.1, 0.15) is 32.0 Å². The van der Waals surface area contributed by atoms with Crippen LogP contribution >= 0.6 is 38.5 Å². The first-order valence-corrected chi connectivity index (χ1v) is 8.63. The predicted octanol–water partition coefficient (Wildman–Crippen LogP) is 5.16. The van der Waals surface area contributed by atoms with Crippen molar-refractivity contribution in [2.24, 2.45) is 0 Å². The highest BCUT2D eigenvalue weighted by atomic mass is 127. The predicted molar refractivity (Wildman–Crippen MR) is 101 cm³/mol. The summed E-state index contributed by atoms with van der Waals surface area (Å²) in [6.45, 7) is 8.59. The van der Waals surface area contributed by atoms with Crippen molar-refractivity contribution in [3.05, 3.63) is 37.5 Å². The van der Waals surface area contributed by atoms with Crippen LogP contribution in [0, 0.1) is 10.5 Å². The van der Waals surface area contributed by atoms with Gasteiger partial charge in [0, 0.05) is 22.5 Å². The van der Waals surface area contributed by atoms with Gasteiger partial charge in [0.1, 0.15) is 5.82 Å². The summed E-state index contributed by atoms with van der Waals surface area (Å²) in [6, 6.07) is 6.23. The maximum Gasteiger partial charge on any atom is 0.162 e. The minimum Gasteiger partial charge on any atom is -0.372 e. The molecule has 112 valence electrons. The molecule has 1 aromatic heterocycles. The molecule has 0 aliphatic rings. The number of nitrogens with zero attached hydrogens (tertiary/aromatic N) is 2. The van der Waals surface area contributed by atoms with E-state index < -0.39 is 0 Å². The second kappa shape index (κ2) is 6.20. The molecule has 5 heteroatoms. The zero-order valence-corrected chi connectivity index (χ0v) is 16.6. The summed E-state index contributed by atoms with van der Waals surface area (Å²) in [5, 5.41) is 3.17. The van der Waals surface area contributed by atoms with E-state index >= 15 is 0 Å². The lowest BCUT2D eigenvalue weighted by molar-refractivity contribution is 0.564. The number of aromatic nitrogens is 2. The molecule has 0 aliphatic heterocycles. The van der Waals surface area contributed by atoms with E-state index in [-0.39, 0.29) is 5.41 Å². The Morgan fingerprint density at radius 2 is 1.86 bits per heavy atom. The lowest BCUT2D eigenvalue weighted by Gasteiger charge is -2.22. The van der Waals surface area contributed by atoms with Crippen molar-refractivity contribution in [1.29, 1.82) is 0 Å². The minimum atomic E-state index is -0.0308. The molecule has 2 aromatic rings. The first kappa shape index (κ1) is 16.7. The van der Waals surface area contributed by atoms with Gasteiger partial charge in [-0.2, -0.15) is 0 Å². The molecule has 0 atom stereocenters. The molecule has 0 saturated carbocycles. The zero-order valence-electron chi connectivity index (χ0n) is 12.9. The third kappa shape index (κ3) is 3.56. The number of benzene rings is 1. The van der Waals surface area contributed by atoms with Crippen molar-refractivity contribution in [2.45, 2.75) is 33.1 Å². The first-order chi connectivity index (χ1) is 9.74. The molecule has 0 amide bonds. The number of aryl methyl sites for hydroxylation is 1. The summed E-state index contributed by atoms with van der Waals surface area (Å²) in [5.74, 6) is 1.62. The number of nitrogens with one attached hydrogen (secondary N) is 1. The van der Waals surface area contributed by atoms with Gasteiger partial charge in [-0.05, 0) is 47.2 Å². The fourth-order valence-corrected chi connectivity index (χ4v) is 4.02. The Hall–Kier alpha value is -0.690. The number of halogens is 2. The van der Waals surface area contributed by atoms with Crippen LogP contribution in [0.4, 0.5) is 5.82 Å². The fraction of sp³-hybridized carbons (Fsp3) is 0.375. The number of rotatable bonds is 2. The number of hydrogen-bond acceptors (Lipinski definition) is 3. The summed E-state index contributed by atoms with van der Waals surface area (Å²) >= 11 is 5.94. The van der Waals surface area contributed by atoms with Gasteiger partial charge in [-0.1, -0.05) is 42.8 Å². The second-order valence-corrected chi connectivity index (χ2v) is 7.97. The van der Waals surface area contributed by atoms with Crippen molar-refractivity contribution in [2.75, 3.05) is 12.4 Å². The molecule has 1 N–H and O–H groups in total. The molecule has 0 saturated heterocycles. The molecule has 0 aliphatic carbocycles. The van der Waals surface area contributed by atoms with Crippen LogP contribution in [0.5, 0.6) is 0 Å². The maximum absolute atomic E-state index is 4.82. The van der Waals surface area contributed by atoms with E-state index in [0.717, 1.165) is 30.9 Å². The van der Waals surface area contributed by atoms with Crippen molar-refractivity contribution in [3.8, 4) is 11.4 Å². The van der Waals surface area contributed by atoms with E-state index in [9.17, 15) is 0 Å². The highest BCUT2D eigenvalue weighted by molar-refractivity contribution is 14.1. The van der Waals surface area contributed by atoms with Gasteiger partial charge in [-0.3, -0.25) is 0 Å². The average molecular weight is 460 g/mol. The van der Waals surface area contributed by atoms with Gasteiger partial charge in [-0.25, -0.2) is 9.97 Å². The SMILES string of the molecule is CNc1nc(-c2ccc(C)cc2Br)nc(C(C)(C)C)c1I. The van der Waals surface area contributed by atoms with Crippen LogP contribution in [0.3, 0.4) is 0 Å². The van der Waals surface area contributed by atoms with Gasteiger partial charge in [-0.15, -0.1) is 0 Å². The highest BCUT2D eigenvalue weighted by Crippen LogP contribution is 2.33. The zero-order chi connectivity index (χ0) is 15.8. The van der Waals surface area contributed by atoms with Crippen molar-refractivity contribution in [3.63, 3.8) is 0 Å². The quantitative estimate of drug-likeness (QED) is 0.630. The molecular formula is C16H19BrIN3. The third-order valence-electron chi connectivity index (χ3n) is 3.16. The van der Waals surface area contributed by atoms with E-state index in [1.807, 2.05) is 7.05 Å². The second-order valence-electron chi connectivity index (χ2n) is 6.04. The van der Waals surface area contributed by atoms with Crippen molar-refractivity contribution < 1.29 is 0 Å². The van der Waals surface area contributed by atoms with Gasteiger partial charge >= 0.3 is 0 Å². The number of hydrogen-bond donors (Lipinski definition) is 1. The molecule has 21 heavy (non-hydrogen) atoms. The summed E-state index contributed by atoms with van der Waals surface area (Å²) in [5.41, 5.74) is 3.25. The van der Waals surface area contributed by atoms with E-state index in [2.05, 4.69) is 94.7 Å². The van der Waals surface area contributed by atoms with Gasteiger partial charge in [0.2, 0.25) is 0 Å². The van der Waals surface area contributed by atoms with Crippen LogP contribution in [0.25, 0.3) is 11.4 Å². The van der Waals surface area contributed by atoms with Crippen molar-refractivity contribution >= 4 is 44.3 Å². The monoisotopic (exact) mass is 459 g/mol. The molecule has 3 nitrogen and oxygen atoms in total. The average Bonchev–Trinajstić information content (AvgIpc) is 2.38. The minimum absolute atomic E-state index is 0.0308. The van der Waals surface area contributed by atoms with Crippen LogP contribution in [0.15, 0.2) is 22.7 Å². The Kier molecular flexibility index (Phi) is 4.92. The summed E-state index contributed by atoms with van der Waals surface area (Å²) < 4.78 is 2.10. The topological polar surface area (TPSA) is 37.8 Å². The molecule has 0 unspecified atom stereocenters. The smallest absolute Gasteiger partial charge is 0.162 e. The van der Waals surface area contributed by atoms with Gasteiger partial charge in [0.15, 0.2) is 5.82 Å². The van der Waals surface area contributed by atoms with Crippen LogP contribution in [-0.4, -0.2) is 17.0 Å². The number of anilines is 1. The molecule has 1 heterocycles. The van der Waals surface area contributed by atoms with Crippen LogP contribution in [0.2, 0.25) is 0 Å². The van der Waals surface area contributed by atoms with Gasteiger partial charge in [0.05, 0.1) is 9.26 Å². The van der Waals surface area contributed by atoms with Gasteiger partial charge < -0.3 is 5.32 Å². The Balaban J connectivity index is 2.70. The lowest BCUT2D eigenvalue weighted by atomic mass is 9.91. The Bertz CT molecular complexity index is 678. The first-order valence-electron chi connectivity index (χ1n) is 6.76. The molecule has 2 rings (SSSR count). The lowest BCUT2D eigenvalue weighted by Crippen LogP contribution is -2.18. The standard InChI is InChI=1S/C16H19BrIN3/c1-9-6-7-10(11(17)8-9)14-20-13(16(2,3)4)12(18)15(19-5)21-14/h6-8H,1-5H3,(H,19,20,21). The molecule has 0 spiro atoms. The van der Waals surface area contributed by atoms with Gasteiger partial charge in [0.25, 0.3) is 0 Å². The van der Waals surface area contributed by atoms with Crippen LogP contribution < -0.4 is 5.32 Å². The fourth-order valence-electron chi connectivity index (χ4n) is 2.03. The van der Waals surface area contributed by atoms with Crippen LogP contribution in [-0.2, 0) is 5.41 Å². The maximum atomic E-state index is 4.82. The molecule has 1 aromatic carbocycles. The van der Waals surface area contributed by atoms with E-state index in [0.29, 0.717) is 0 Å². The van der Waals surface area contributed by atoms with E-state index in [1.165, 1.54) is 5.56 Å². The van der Waals surface area contributed by atoms with Crippen molar-refractivity contribution in [1.82, 2.24) is 9.97 Å². The van der Waals surface area contributed by atoms with E-state index in [1.54, 1.807) is 0 Å². The molecule has 0 bridgehead atoms. The highest BCUT2D eigenvalue weighted by Gasteiger charge is 2.23. The Morgan fingerprint density at radius 1 is 1.19 bits per heavy atom. The summed E-state index contributed by atoms with van der Waals surface area (Å²) in [4.78, 5) is 9.49. The summed E-state index contributed by atoms with van der Waals surface area (Å²) in [6.07, 6.45) is 0. The van der Waals surface area contributed by atoms with E-state index in [4.69, 9.17) is 4.98 Å². The Labute approximate surface area is 148 Å².